The van der Waals surface area contributed by atoms with Gasteiger partial charge in [-0.05, 0) is 0 Å². The molecule has 0 atom stereocenters. The fourth-order valence-electron chi connectivity index (χ4n) is 1.89. The van der Waals surface area contributed by atoms with E-state index in [1.54, 1.807) is 10.7 Å². The van der Waals surface area contributed by atoms with Gasteiger partial charge in [0.25, 0.3) is 0 Å². The second-order valence-corrected chi connectivity index (χ2v) is 6.10. The Hall–Kier alpha value is -2.11. The van der Waals surface area contributed by atoms with Crippen LogP contribution in [0.2, 0.25) is 0 Å². The Morgan fingerprint density at radius 3 is 2.55 bits per heavy atom. The van der Waals surface area contributed by atoms with E-state index in [2.05, 4.69) is 35.8 Å². The molecule has 0 bridgehead atoms. The summed E-state index contributed by atoms with van der Waals surface area (Å²) in [6.07, 6.45) is 3.84. The number of nitrogens with zero attached hydrogens (tertiary/aromatic N) is 5. The molecule has 0 aliphatic rings. The standard InChI is InChI=1S/C14H22N6/c1-14(2,3)13-17-11(15)6-12(18-13)19(4)8-10-7-16-20(5)9-10/h6-7,9H,8H2,1-5H3,(H2,15,17,18). The second kappa shape index (κ2) is 5.11. The van der Waals surface area contributed by atoms with E-state index in [-0.39, 0.29) is 5.41 Å². The molecule has 0 spiro atoms. The Balaban J connectivity index is 2.25. The monoisotopic (exact) mass is 274 g/mol. The molecule has 0 amide bonds. The molecule has 0 saturated heterocycles. The van der Waals surface area contributed by atoms with Crippen LogP contribution < -0.4 is 10.6 Å². The van der Waals surface area contributed by atoms with Gasteiger partial charge < -0.3 is 10.6 Å². The third-order valence-electron chi connectivity index (χ3n) is 2.97. The second-order valence-electron chi connectivity index (χ2n) is 6.10. The molecule has 2 heterocycles. The molecular weight excluding hydrogens is 252 g/mol. The molecule has 108 valence electrons. The van der Waals surface area contributed by atoms with Crippen LogP contribution in [0.1, 0.15) is 32.2 Å². The SMILES string of the molecule is CN(Cc1cnn(C)c1)c1cc(N)nc(C(C)(C)C)n1. The van der Waals surface area contributed by atoms with E-state index < -0.39 is 0 Å². The zero-order valence-electron chi connectivity index (χ0n) is 12.8. The third kappa shape index (κ3) is 3.26. The van der Waals surface area contributed by atoms with E-state index in [9.17, 15) is 0 Å². The minimum Gasteiger partial charge on any atom is -0.384 e. The molecule has 0 unspecified atom stereocenters. The van der Waals surface area contributed by atoms with E-state index >= 15 is 0 Å². The molecule has 2 aromatic heterocycles. The molecule has 6 heteroatoms. The summed E-state index contributed by atoms with van der Waals surface area (Å²) < 4.78 is 1.79. The highest BCUT2D eigenvalue weighted by Crippen LogP contribution is 2.23. The minimum absolute atomic E-state index is 0.126. The number of hydrogen-bond donors (Lipinski definition) is 1. The predicted octanol–water partition coefficient (Wildman–Crippen LogP) is 1.73. The summed E-state index contributed by atoms with van der Waals surface area (Å²) in [5.74, 6) is 2.08. The molecule has 0 saturated carbocycles. The predicted molar refractivity (Wildman–Crippen MR) is 80.5 cm³/mol. The Morgan fingerprint density at radius 1 is 1.30 bits per heavy atom. The van der Waals surface area contributed by atoms with E-state index in [0.717, 1.165) is 23.8 Å². The lowest BCUT2D eigenvalue weighted by molar-refractivity contribution is 0.545. The molecule has 2 N–H and O–H groups in total. The number of hydrogen-bond acceptors (Lipinski definition) is 5. The van der Waals surface area contributed by atoms with Gasteiger partial charge in [0.15, 0.2) is 0 Å². The van der Waals surface area contributed by atoms with Gasteiger partial charge in [-0.3, -0.25) is 4.68 Å². The van der Waals surface area contributed by atoms with Crippen molar-refractivity contribution in [2.24, 2.45) is 7.05 Å². The van der Waals surface area contributed by atoms with E-state index in [0.29, 0.717) is 5.82 Å². The van der Waals surface area contributed by atoms with Gasteiger partial charge in [-0.1, -0.05) is 20.8 Å². The maximum absolute atomic E-state index is 5.90. The summed E-state index contributed by atoms with van der Waals surface area (Å²) in [7, 11) is 3.89. The van der Waals surface area contributed by atoms with E-state index in [1.165, 1.54) is 0 Å². The van der Waals surface area contributed by atoms with Crippen molar-refractivity contribution in [2.75, 3.05) is 17.7 Å². The van der Waals surface area contributed by atoms with Crippen molar-refractivity contribution >= 4 is 11.6 Å². The summed E-state index contributed by atoms with van der Waals surface area (Å²) in [4.78, 5) is 11.0. The minimum atomic E-state index is -0.126. The van der Waals surface area contributed by atoms with Crippen LogP contribution in [0.3, 0.4) is 0 Å². The Morgan fingerprint density at radius 2 is 2.00 bits per heavy atom. The molecular formula is C14H22N6. The van der Waals surface area contributed by atoms with E-state index in [4.69, 9.17) is 5.73 Å². The Bertz CT molecular complexity index is 596. The van der Waals surface area contributed by atoms with Crippen LogP contribution in [0.15, 0.2) is 18.5 Å². The first kappa shape index (κ1) is 14.3. The highest BCUT2D eigenvalue weighted by molar-refractivity contribution is 5.47. The van der Waals surface area contributed by atoms with Crippen molar-refractivity contribution < 1.29 is 0 Å². The van der Waals surface area contributed by atoms with Crippen LogP contribution >= 0.6 is 0 Å². The first-order valence-electron chi connectivity index (χ1n) is 6.59. The molecule has 0 radical (unpaired) electrons. The molecule has 2 aromatic rings. The lowest BCUT2D eigenvalue weighted by atomic mass is 9.96. The summed E-state index contributed by atoms with van der Waals surface area (Å²) in [5.41, 5.74) is 6.90. The lowest BCUT2D eigenvalue weighted by Gasteiger charge is -2.22. The van der Waals surface area contributed by atoms with Gasteiger partial charge in [-0.15, -0.1) is 0 Å². The summed E-state index contributed by atoms with van der Waals surface area (Å²) >= 11 is 0. The van der Waals surface area contributed by atoms with Crippen LogP contribution in [0.5, 0.6) is 0 Å². The van der Waals surface area contributed by atoms with Gasteiger partial charge >= 0.3 is 0 Å². The molecule has 0 aromatic carbocycles. The first-order chi connectivity index (χ1) is 9.25. The average molecular weight is 274 g/mol. The van der Waals surface area contributed by atoms with Gasteiger partial charge in [-0.2, -0.15) is 5.10 Å². The zero-order valence-corrected chi connectivity index (χ0v) is 12.8. The number of aromatic nitrogens is 4. The number of nitrogens with two attached hydrogens (primary N) is 1. The average Bonchev–Trinajstić information content (AvgIpc) is 2.72. The van der Waals surface area contributed by atoms with Gasteiger partial charge in [0.05, 0.1) is 6.20 Å². The number of anilines is 2. The number of aryl methyl sites for hydroxylation is 1. The van der Waals surface area contributed by atoms with Crippen molar-refractivity contribution in [3.8, 4) is 0 Å². The zero-order chi connectivity index (χ0) is 14.9. The van der Waals surface area contributed by atoms with Crippen LogP contribution in [0.4, 0.5) is 11.6 Å². The van der Waals surface area contributed by atoms with Crippen molar-refractivity contribution in [1.29, 1.82) is 0 Å². The highest BCUT2D eigenvalue weighted by atomic mass is 15.2. The van der Waals surface area contributed by atoms with Crippen LogP contribution in [-0.2, 0) is 19.0 Å². The molecule has 6 nitrogen and oxygen atoms in total. The fourth-order valence-corrected chi connectivity index (χ4v) is 1.89. The van der Waals surface area contributed by atoms with Crippen molar-refractivity contribution in [1.82, 2.24) is 19.7 Å². The van der Waals surface area contributed by atoms with Crippen LogP contribution in [0.25, 0.3) is 0 Å². The first-order valence-corrected chi connectivity index (χ1v) is 6.59. The van der Waals surface area contributed by atoms with Gasteiger partial charge in [0.2, 0.25) is 0 Å². The summed E-state index contributed by atoms with van der Waals surface area (Å²) in [6, 6.07) is 1.80. The van der Waals surface area contributed by atoms with Crippen molar-refractivity contribution in [2.45, 2.75) is 32.7 Å². The molecule has 0 aliphatic heterocycles. The molecule has 2 rings (SSSR count). The smallest absolute Gasteiger partial charge is 0.138 e. The molecule has 20 heavy (non-hydrogen) atoms. The fraction of sp³-hybridized carbons (Fsp3) is 0.500. The Labute approximate surface area is 119 Å². The van der Waals surface area contributed by atoms with E-state index in [1.807, 2.05) is 31.4 Å². The van der Waals surface area contributed by atoms with Gasteiger partial charge in [0, 0.05) is 43.9 Å². The van der Waals surface area contributed by atoms with Crippen LogP contribution in [-0.4, -0.2) is 26.8 Å². The summed E-state index contributed by atoms with van der Waals surface area (Å²) in [5, 5.41) is 4.17. The Kier molecular flexibility index (Phi) is 3.65. The topological polar surface area (TPSA) is 72.9 Å². The van der Waals surface area contributed by atoms with Gasteiger partial charge in [0.1, 0.15) is 17.5 Å². The maximum Gasteiger partial charge on any atom is 0.138 e. The number of nitrogen functional groups attached to an aromatic ring is 1. The van der Waals surface area contributed by atoms with Crippen molar-refractivity contribution in [3.05, 3.63) is 29.8 Å². The van der Waals surface area contributed by atoms with Crippen molar-refractivity contribution in [3.63, 3.8) is 0 Å². The highest BCUT2D eigenvalue weighted by Gasteiger charge is 2.19. The quantitative estimate of drug-likeness (QED) is 0.922. The van der Waals surface area contributed by atoms with Gasteiger partial charge in [-0.25, -0.2) is 9.97 Å². The third-order valence-corrected chi connectivity index (χ3v) is 2.97. The largest absolute Gasteiger partial charge is 0.384 e. The number of rotatable bonds is 3. The maximum atomic E-state index is 5.90. The van der Waals surface area contributed by atoms with Crippen LogP contribution in [0, 0.1) is 0 Å². The molecule has 0 aliphatic carbocycles. The lowest BCUT2D eigenvalue weighted by Crippen LogP contribution is -2.22. The summed E-state index contributed by atoms with van der Waals surface area (Å²) in [6.45, 7) is 6.96. The normalized spacial score (nSPS) is 11.7. The molecule has 0 fully saturated rings.